The molecule has 11 nitrogen and oxygen atoms in total. The van der Waals surface area contributed by atoms with Gasteiger partial charge in [-0.2, -0.15) is 0 Å². The van der Waals surface area contributed by atoms with Gasteiger partial charge in [-0.1, -0.05) is 12.1 Å². The Hall–Kier alpha value is -4.25. The summed E-state index contributed by atoms with van der Waals surface area (Å²) in [6.45, 7) is 6.62. The summed E-state index contributed by atoms with van der Waals surface area (Å²) in [5.41, 5.74) is 1.41. The lowest BCUT2D eigenvalue weighted by Crippen LogP contribution is -2.24. The van der Waals surface area contributed by atoms with Crippen LogP contribution in [0.15, 0.2) is 36.4 Å². The van der Waals surface area contributed by atoms with Crippen LogP contribution in [0.5, 0.6) is 23.0 Å². The summed E-state index contributed by atoms with van der Waals surface area (Å²) >= 11 is 0. The average Bonchev–Trinajstić information content (AvgIpc) is 3.21. The third-order valence-corrected chi connectivity index (χ3v) is 5.78. The SMILES string of the molecule is CC(=O)OC[C@@H]1[C@H](Cc2ccc(OC(C)=O)c(OC(C)=O)c2)CO[C@H]1c1ccc(OC(C)=O)c(OC(C)=O)c1. The van der Waals surface area contributed by atoms with Gasteiger partial charge in [-0.25, -0.2) is 0 Å². The second-order valence-electron chi connectivity index (χ2n) is 9.05. The lowest BCUT2D eigenvalue weighted by molar-refractivity contribution is -0.143. The van der Waals surface area contributed by atoms with Crippen LogP contribution < -0.4 is 18.9 Å². The van der Waals surface area contributed by atoms with Crippen LogP contribution in [0, 0.1) is 11.8 Å². The Morgan fingerprint density at radius 2 is 1.21 bits per heavy atom. The molecule has 3 atom stereocenters. The number of carbonyl (C=O) groups is 5. The first-order chi connectivity index (χ1) is 18.4. The normalized spacial score (nSPS) is 18.1. The molecule has 0 unspecified atom stereocenters. The maximum absolute atomic E-state index is 11.6. The summed E-state index contributed by atoms with van der Waals surface area (Å²) in [7, 11) is 0. The number of hydrogen-bond acceptors (Lipinski definition) is 11. The van der Waals surface area contributed by atoms with Crippen molar-refractivity contribution < 1.29 is 52.4 Å². The van der Waals surface area contributed by atoms with Crippen molar-refractivity contribution in [2.24, 2.45) is 11.8 Å². The maximum atomic E-state index is 11.6. The van der Waals surface area contributed by atoms with Crippen molar-refractivity contribution >= 4 is 29.8 Å². The second kappa shape index (κ2) is 13.0. The first-order valence-corrected chi connectivity index (χ1v) is 12.2. The van der Waals surface area contributed by atoms with Crippen molar-refractivity contribution in [3.05, 3.63) is 47.5 Å². The van der Waals surface area contributed by atoms with Gasteiger partial charge in [0.25, 0.3) is 0 Å². The molecule has 0 amide bonds. The van der Waals surface area contributed by atoms with Crippen LogP contribution in [0.3, 0.4) is 0 Å². The van der Waals surface area contributed by atoms with E-state index in [9.17, 15) is 24.0 Å². The first-order valence-electron chi connectivity index (χ1n) is 12.2. The summed E-state index contributed by atoms with van der Waals surface area (Å²) < 4.78 is 32.3. The molecule has 1 fully saturated rings. The summed E-state index contributed by atoms with van der Waals surface area (Å²) in [6, 6.07) is 9.65. The number of esters is 5. The summed E-state index contributed by atoms with van der Waals surface area (Å²) in [5.74, 6) is -2.83. The molecule has 1 heterocycles. The molecule has 1 aliphatic rings. The highest BCUT2D eigenvalue weighted by Crippen LogP contribution is 2.43. The molecule has 3 rings (SSSR count). The fourth-order valence-electron chi connectivity index (χ4n) is 4.34. The Morgan fingerprint density at radius 1 is 0.692 bits per heavy atom. The highest BCUT2D eigenvalue weighted by atomic mass is 16.6. The average molecular weight is 543 g/mol. The number of rotatable bonds is 9. The van der Waals surface area contributed by atoms with Gasteiger partial charge in [0.15, 0.2) is 23.0 Å². The van der Waals surface area contributed by atoms with Crippen LogP contribution in [0.2, 0.25) is 0 Å². The van der Waals surface area contributed by atoms with E-state index in [0.717, 1.165) is 5.56 Å². The molecule has 0 aromatic heterocycles. The van der Waals surface area contributed by atoms with Crippen LogP contribution >= 0.6 is 0 Å². The van der Waals surface area contributed by atoms with E-state index in [1.807, 2.05) is 0 Å². The molecule has 0 aliphatic carbocycles. The largest absolute Gasteiger partial charge is 0.465 e. The quantitative estimate of drug-likeness (QED) is 0.340. The summed E-state index contributed by atoms with van der Waals surface area (Å²) in [5, 5.41) is 0. The minimum absolute atomic E-state index is 0.0561. The second-order valence-corrected chi connectivity index (χ2v) is 9.05. The van der Waals surface area contributed by atoms with Gasteiger partial charge in [-0.15, -0.1) is 0 Å². The van der Waals surface area contributed by atoms with Gasteiger partial charge in [0.1, 0.15) is 0 Å². The van der Waals surface area contributed by atoms with Crippen molar-refractivity contribution in [2.75, 3.05) is 13.2 Å². The Labute approximate surface area is 225 Å². The van der Waals surface area contributed by atoms with E-state index in [1.54, 1.807) is 30.3 Å². The molecule has 11 heteroatoms. The molecule has 0 spiro atoms. The zero-order valence-electron chi connectivity index (χ0n) is 22.3. The van der Waals surface area contributed by atoms with Crippen molar-refractivity contribution in [2.45, 2.75) is 47.1 Å². The van der Waals surface area contributed by atoms with Crippen molar-refractivity contribution in [3.8, 4) is 23.0 Å². The van der Waals surface area contributed by atoms with E-state index in [-0.39, 0.29) is 41.4 Å². The van der Waals surface area contributed by atoms with E-state index in [1.165, 1.54) is 40.7 Å². The van der Waals surface area contributed by atoms with Gasteiger partial charge in [0.2, 0.25) is 0 Å². The highest BCUT2D eigenvalue weighted by Gasteiger charge is 2.39. The third kappa shape index (κ3) is 8.37. The molecule has 39 heavy (non-hydrogen) atoms. The molecule has 2 aromatic carbocycles. The minimum atomic E-state index is -0.594. The molecule has 0 N–H and O–H groups in total. The molecular formula is C28H30O11. The molecule has 1 saturated heterocycles. The fraction of sp³-hybridized carbons (Fsp3) is 0.393. The minimum Gasteiger partial charge on any atom is -0.465 e. The molecule has 1 aliphatic heterocycles. The Bertz CT molecular complexity index is 1270. The first kappa shape index (κ1) is 29.3. The van der Waals surface area contributed by atoms with E-state index in [0.29, 0.717) is 18.6 Å². The summed E-state index contributed by atoms with van der Waals surface area (Å²) in [6.07, 6.45) is -0.0809. The lowest BCUT2D eigenvalue weighted by atomic mass is 9.84. The molecule has 0 bridgehead atoms. The predicted octanol–water partition coefficient (Wildman–Crippen LogP) is 3.50. The number of hydrogen-bond donors (Lipinski definition) is 0. The van der Waals surface area contributed by atoms with Crippen LogP contribution in [0.4, 0.5) is 0 Å². The smallest absolute Gasteiger partial charge is 0.308 e. The molecule has 2 aromatic rings. The number of ether oxygens (including phenoxy) is 6. The highest BCUT2D eigenvalue weighted by molar-refractivity contribution is 5.74. The van der Waals surface area contributed by atoms with E-state index >= 15 is 0 Å². The zero-order valence-corrected chi connectivity index (χ0v) is 22.3. The molecule has 0 saturated carbocycles. The zero-order chi connectivity index (χ0) is 28.7. The standard InChI is InChI=1S/C28H30O11/c1-15(29)34-14-23-22(10-20-6-8-24(36-16(2)30)26(11-20)38-18(4)32)13-35-28(23)21-7-9-25(37-17(3)31)27(12-21)39-19(5)33/h6-9,11-12,22-23,28H,10,13-14H2,1-5H3/t22-,23-,28+/m1/s1. The molecule has 0 radical (unpaired) electrons. The van der Waals surface area contributed by atoms with Crippen molar-refractivity contribution in [1.82, 2.24) is 0 Å². The van der Waals surface area contributed by atoms with Gasteiger partial charge in [0.05, 0.1) is 19.3 Å². The topological polar surface area (TPSA) is 141 Å². The number of benzene rings is 2. The Morgan fingerprint density at radius 3 is 1.74 bits per heavy atom. The maximum Gasteiger partial charge on any atom is 0.308 e. The fourth-order valence-corrected chi connectivity index (χ4v) is 4.34. The Kier molecular flexibility index (Phi) is 9.78. The third-order valence-electron chi connectivity index (χ3n) is 5.78. The van der Waals surface area contributed by atoms with Crippen LogP contribution in [-0.4, -0.2) is 43.1 Å². The van der Waals surface area contributed by atoms with Gasteiger partial charge in [-0.05, 0) is 47.7 Å². The lowest BCUT2D eigenvalue weighted by Gasteiger charge is -2.24. The van der Waals surface area contributed by atoms with Crippen LogP contribution in [0.1, 0.15) is 51.8 Å². The summed E-state index contributed by atoms with van der Waals surface area (Å²) in [4.78, 5) is 57.8. The van der Waals surface area contributed by atoms with Gasteiger partial charge < -0.3 is 28.4 Å². The monoisotopic (exact) mass is 542 g/mol. The van der Waals surface area contributed by atoms with Gasteiger partial charge in [-0.3, -0.25) is 24.0 Å². The van der Waals surface area contributed by atoms with Crippen LogP contribution in [0.25, 0.3) is 0 Å². The van der Waals surface area contributed by atoms with E-state index in [4.69, 9.17) is 28.4 Å². The number of carbonyl (C=O) groups excluding carboxylic acids is 5. The Balaban J connectivity index is 1.91. The van der Waals surface area contributed by atoms with Crippen molar-refractivity contribution in [3.63, 3.8) is 0 Å². The molecule has 208 valence electrons. The van der Waals surface area contributed by atoms with E-state index in [2.05, 4.69) is 0 Å². The van der Waals surface area contributed by atoms with Crippen molar-refractivity contribution in [1.29, 1.82) is 0 Å². The van der Waals surface area contributed by atoms with Gasteiger partial charge >= 0.3 is 29.8 Å². The van der Waals surface area contributed by atoms with Crippen LogP contribution in [-0.2, 0) is 39.9 Å². The predicted molar refractivity (Wildman–Crippen MR) is 134 cm³/mol. The molecular weight excluding hydrogens is 512 g/mol. The van der Waals surface area contributed by atoms with E-state index < -0.39 is 36.0 Å². The van der Waals surface area contributed by atoms with Gasteiger partial charge in [0, 0.05) is 40.5 Å².